The number of nitro groups is 1. The zero-order chi connectivity index (χ0) is 15.6. The number of nitro benzene ring substituents is 1. The lowest BCUT2D eigenvalue weighted by atomic mass is 9.95. The molecule has 0 bridgehead atoms. The van der Waals surface area contributed by atoms with E-state index in [-0.39, 0.29) is 11.4 Å². The van der Waals surface area contributed by atoms with E-state index in [1.54, 1.807) is 0 Å². The first kappa shape index (κ1) is 14.8. The van der Waals surface area contributed by atoms with Crippen molar-refractivity contribution in [3.8, 4) is 5.75 Å². The summed E-state index contributed by atoms with van der Waals surface area (Å²) < 4.78 is 0. The number of benzene rings is 1. The number of aliphatic carboxylic acids is 1. The second-order valence-corrected chi connectivity index (χ2v) is 4.93. The van der Waals surface area contributed by atoms with Crippen molar-refractivity contribution in [2.24, 2.45) is 11.8 Å². The van der Waals surface area contributed by atoms with Crippen LogP contribution in [0, 0.1) is 22.0 Å². The van der Waals surface area contributed by atoms with Crippen molar-refractivity contribution in [2.45, 2.75) is 19.3 Å². The van der Waals surface area contributed by atoms with Crippen LogP contribution in [-0.2, 0) is 9.59 Å². The molecule has 8 heteroatoms. The zero-order valence-corrected chi connectivity index (χ0v) is 11.0. The molecule has 0 unspecified atom stereocenters. The van der Waals surface area contributed by atoms with Crippen molar-refractivity contribution in [3.63, 3.8) is 0 Å². The number of hydrogen-bond acceptors (Lipinski definition) is 5. The summed E-state index contributed by atoms with van der Waals surface area (Å²) in [4.78, 5) is 33.4. The summed E-state index contributed by atoms with van der Waals surface area (Å²) in [6.45, 7) is 0. The molecule has 0 radical (unpaired) electrons. The van der Waals surface area contributed by atoms with Crippen LogP contribution in [0.5, 0.6) is 5.75 Å². The molecule has 1 aliphatic carbocycles. The molecule has 1 saturated carbocycles. The fourth-order valence-electron chi connectivity index (χ4n) is 2.57. The average Bonchev–Trinajstić information content (AvgIpc) is 2.90. The van der Waals surface area contributed by atoms with Gasteiger partial charge in [0.05, 0.1) is 22.8 Å². The molecule has 3 N–H and O–H groups in total. The number of carboxylic acids is 1. The predicted molar refractivity (Wildman–Crippen MR) is 71.9 cm³/mol. The van der Waals surface area contributed by atoms with Crippen LogP contribution < -0.4 is 5.32 Å². The lowest BCUT2D eigenvalue weighted by Gasteiger charge is -2.15. The maximum atomic E-state index is 12.1. The van der Waals surface area contributed by atoms with Crippen molar-refractivity contribution in [1.82, 2.24) is 0 Å². The highest BCUT2D eigenvalue weighted by Gasteiger charge is 2.38. The van der Waals surface area contributed by atoms with Crippen molar-refractivity contribution in [3.05, 3.63) is 28.3 Å². The van der Waals surface area contributed by atoms with Gasteiger partial charge in [-0.05, 0) is 25.0 Å². The van der Waals surface area contributed by atoms with Crippen LogP contribution >= 0.6 is 0 Å². The van der Waals surface area contributed by atoms with Gasteiger partial charge in [-0.15, -0.1) is 0 Å². The zero-order valence-electron chi connectivity index (χ0n) is 11.0. The number of anilines is 1. The number of aromatic hydroxyl groups is 1. The number of carbonyl (C=O) groups is 2. The van der Waals surface area contributed by atoms with E-state index < -0.39 is 34.3 Å². The Bertz CT molecular complexity index is 600. The van der Waals surface area contributed by atoms with Crippen LogP contribution in [0.25, 0.3) is 0 Å². The largest absolute Gasteiger partial charge is 0.508 e. The van der Waals surface area contributed by atoms with E-state index in [9.17, 15) is 24.8 Å². The Morgan fingerprint density at radius 1 is 1.29 bits per heavy atom. The molecule has 1 aromatic rings. The van der Waals surface area contributed by atoms with Crippen LogP contribution in [0.2, 0.25) is 0 Å². The summed E-state index contributed by atoms with van der Waals surface area (Å²) in [6, 6.07) is 3.36. The van der Waals surface area contributed by atoms with Crippen LogP contribution in [0.3, 0.4) is 0 Å². The van der Waals surface area contributed by atoms with E-state index in [0.717, 1.165) is 6.07 Å². The summed E-state index contributed by atoms with van der Waals surface area (Å²) >= 11 is 0. The molecule has 1 amide bonds. The van der Waals surface area contributed by atoms with Gasteiger partial charge < -0.3 is 15.5 Å². The van der Waals surface area contributed by atoms with Crippen molar-refractivity contribution in [2.75, 3.05) is 5.32 Å². The Morgan fingerprint density at radius 2 is 1.95 bits per heavy atom. The fraction of sp³-hybridized carbons (Fsp3) is 0.385. The van der Waals surface area contributed by atoms with Gasteiger partial charge in [-0.1, -0.05) is 6.42 Å². The molecule has 1 aliphatic rings. The van der Waals surface area contributed by atoms with Gasteiger partial charge in [0.1, 0.15) is 11.4 Å². The SMILES string of the molecule is O=C(O)[C@H]1CCC[C@H]1C(=O)Nc1ccc(O)cc1[N+](=O)[O-]. The third kappa shape index (κ3) is 3.10. The fourth-order valence-corrected chi connectivity index (χ4v) is 2.57. The van der Waals surface area contributed by atoms with Crippen LogP contribution in [0.4, 0.5) is 11.4 Å². The first-order chi connectivity index (χ1) is 9.90. The van der Waals surface area contributed by atoms with Crippen molar-refractivity contribution >= 4 is 23.3 Å². The Hall–Kier alpha value is -2.64. The maximum Gasteiger partial charge on any atom is 0.307 e. The van der Waals surface area contributed by atoms with Crippen LogP contribution in [0.1, 0.15) is 19.3 Å². The Morgan fingerprint density at radius 3 is 2.57 bits per heavy atom. The van der Waals surface area contributed by atoms with Gasteiger partial charge in [0.2, 0.25) is 5.91 Å². The van der Waals surface area contributed by atoms with Gasteiger partial charge in [-0.3, -0.25) is 19.7 Å². The molecule has 112 valence electrons. The van der Waals surface area contributed by atoms with E-state index >= 15 is 0 Å². The van der Waals surface area contributed by atoms with Crippen LogP contribution in [0.15, 0.2) is 18.2 Å². The molecule has 21 heavy (non-hydrogen) atoms. The molecule has 0 heterocycles. The smallest absolute Gasteiger partial charge is 0.307 e. The summed E-state index contributed by atoms with van der Waals surface area (Å²) in [5.41, 5.74) is -0.493. The molecule has 8 nitrogen and oxygen atoms in total. The highest BCUT2D eigenvalue weighted by Crippen LogP contribution is 2.34. The minimum atomic E-state index is -1.03. The topological polar surface area (TPSA) is 130 Å². The standard InChI is InChI=1S/C13H14N2O6/c16-7-4-5-10(11(6-7)15(20)21)14-12(17)8-2-1-3-9(8)13(18)19/h4-6,8-9,16H,1-3H2,(H,14,17)(H,18,19)/t8-,9+/m1/s1. The average molecular weight is 294 g/mol. The number of rotatable bonds is 4. The first-order valence-electron chi connectivity index (χ1n) is 6.41. The molecule has 1 aromatic carbocycles. The molecule has 2 rings (SSSR count). The van der Waals surface area contributed by atoms with E-state index in [1.165, 1.54) is 12.1 Å². The highest BCUT2D eigenvalue weighted by molar-refractivity contribution is 5.97. The van der Waals surface area contributed by atoms with Gasteiger partial charge in [-0.2, -0.15) is 0 Å². The van der Waals surface area contributed by atoms with Gasteiger partial charge >= 0.3 is 5.97 Å². The number of nitrogens with one attached hydrogen (secondary N) is 1. The molecule has 2 atom stereocenters. The second-order valence-electron chi connectivity index (χ2n) is 4.93. The summed E-state index contributed by atoms with van der Waals surface area (Å²) in [6.07, 6.45) is 1.49. The molecule has 0 saturated heterocycles. The number of phenols is 1. The summed E-state index contributed by atoms with van der Waals surface area (Å²) in [5.74, 6) is -3.33. The molecule has 1 fully saturated rings. The number of phenolic OH excluding ortho intramolecular Hbond substituents is 1. The quantitative estimate of drug-likeness (QED) is 0.440. The minimum Gasteiger partial charge on any atom is -0.508 e. The number of hydrogen-bond donors (Lipinski definition) is 3. The normalized spacial score (nSPS) is 21.0. The first-order valence-corrected chi connectivity index (χ1v) is 6.41. The summed E-state index contributed by atoms with van der Waals surface area (Å²) in [7, 11) is 0. The van der Waals surface area contributed by atoms with Gasteiger partial charge in [0, 0.05) is 0 Å². The number of carbonyl (C=O) groups excluding carboxylic acids is 1. The van der Waals surface area contributed by atoms with Crippen molar-refractivity contribution < 1.29 is 24.7 Å². The third-order valence-electron chi connectivity index (χ3n) is 3.61. The monoisotopic (exact) mass is 294 g/mol. The molecule has 0 spiro atoms. The van der Waals surface area contributed by atoms with Gasteiger partial charge in [0.25, 0.3) is 5.69 Å². The lowest BCUT2D eigenvalue weighted by Crippen LogP contribution is -2.30. The molecular formula is C13H14N2O6. The second kappa shape index (κ2) is 5.78. The lowest BCUT2D eigenvalue weighted by molar-refractivity contribution is -0.384. The summed E-state index contributed by atoms with van der Waals surface area (Å²) in [5, 5.41) is 31.6. The van der Waals surface area contributed by atoms with E-state index in [0.29, 0.717) is 19.3 Å². The molecular weight excluding hydrogens is 280 g/mol. The number of amides is 1. The molecule has 0 aliphatic heterocycles. The number of nitrogens with zero attached hydrogens (tertiary/aromatic N) is 1. The van der Waals surface area contributed by atoms with Crippen molar-refractivity contribution in [1.29, 1.82) is 0 Å². The maximum absolute atomic E-state index is 12.1. The highest BCUT2D eigenvalue weighted by atomic mass is 16.6. The van der Waals surface area contributed by atoms with E-state index in [1.807, 2.05) is 0 Å². The molecule has 0 aromatic heterocycles. The number of carboxylic acid groups (broad SMARTS) is 1. The Kier molecular flexibility index (Phi) is 4.06. The van der Waals surface area contributed by atoms with Gasteiger partial charge in [-0.25, -0.2) is 0 Å². The van der Waals surface area contributed by atoms with Crippen LogP contribution in [-0.4, -0.2) is 27.0 Å². The van der Waals surface area contributed by atoms with E-state index in [2.05, 4.69) is 5.32 Å². The van der Waals surface area contributed by atoms with E-state index in [4.69, 9.17) is 5.11 Å². The predicted octanol–water partition coefficient (Wildman–Crippen LogP) is 1.74. The Balaban J connectivity index is 2.20. The third-order valence-corrected chi connectivity index (χ3v) is 3.61. The minimum absolute atomic E-state index is 0.0566. The van der Waals surface area contributed by atoms with Gasteiger partial charge in [0.15, 0.2) is 0 Å². The Labute approximate surface area is 119 Å².